The molecule has 0 aliphatic carbocycles. The van der Waals surface area contributed by atoms with Crippen LogP contribution in [0, 0.1) is 10.1 Å². The number of nitrogens with zero attached hydrogens (tertiary/aromatic N) is 4. The maximum atomic E-state index is 11.9. The molecule has 128 valence electrons. The number of fused-ring (bicyclic) bond motifs is 1. The second kappa shape index (κ2) is 6.54. The Kier molecular flexibility index (Phi) is 4.45. The van der Waals surface area contributed by atoms with Gasteiger partial charge in [0.2, 0.25) is 0 Å². The van der Waals surface area contributed by atoms with E-state index in [2.05, 4.69) is 9.97 Å². The van der Waals surface area contributed by atoms with E-state index < -0.39 is 4.92 Å². The third-order valence-electron chi connectivity index (χ3n) is 3.98. The minimum absolute atomic E-state index is 0.0313. The fourth-order valence-corrected chi connectivity index (χ4v) is 2.95. The first kappa shape index (κ1) is 16.3. The Morgan fingerprint density at radius 2 is 2.29 bits per heavy atom. The van der Waals surface area contributed by atoms with Crippen LogP contribution in [0.3, 0.4) is 0 Å². The van der Waals surface area contributed by atoms with Crippen LogP contribution in [0.25, 0.3) is 10.9 Å². The largest absolute Gasteiger partial charge is 0.373 e. The number of anilines is 1. The Bertz CT molecular complexity index is 819. The second-order valence-corrected chi connectivity index (χ2v) is 6.05. The van der Waals surface area contributed by atoms with Gasteiger partial charge < -0.3 is 19.5 Å². The standard InChI is InChI=1S/C15H19N5O4/c1-18(2)7-10-8-19(3-4-24-10)13-6-12-11(5-14(13)20(22)23)15(21)17-9-16-12/h5-6,9-10H,3-4,7-8H2,1-2H3,(H,16,17,21). The Morgan fingerprint density at radius 1 is 1.50 bits per heavy atom. The van der Waals surface area contributed by atoms with Gasteiger partial charge in [0.05, 0.1) is 34.9 Å². The van der Waals surface area contributed by atoms with Gasteiger partial charge in [-0.25, -0.2) is 4.98 Å². The van der Waals surface area contributed by atoms with E-state index in [4.69, 9.17) is 4.74 Å². The lowest BCUT2D eigenvalue weighted by molar-refractivity contribution is -0.384. The zero-order valence-corrected chi connectivity index (χ0v) is 13.6. The number of benzene rings is 1. The quantitative estimate of drug-likeness (QED) is 0.645. The van der Waals surface area contributed by atoms with E-state index in [1.807, 2.05) is 23.9 Å². The number of aromatic nitrogens is 2. The minimum Gasteiger partial charge on any atom is -0.373 e. The fraction of sp³-hybridized carbons (Fsp3) is 0.467. The second-order valence-electron chi connectivity index (χ2n) is 6.05. The van der Waals surface area contributed by atoms with E-state index in [9.17, 15) is 14.9 Å². The molecule has 0 spiro atoms. The lowest BCUT2D eigenvalue weighted by atomic mass is 10.1. The summed E-state index contributed by atoms with van der Waals surface area (Å²) in [5.41, 5.74) is 0.432. The highest BCUT2D eigenvalue weighted by Crippen LogP contribution is 2.32. The maximum Gasteiger partial charge on any atom is 0.293 e. The van der Waals surface area contributed by atoms with E-state index in [-0.39, 0.29) is 22.7 Å². The van der Waals surface area contributed by atoms with Crippen molar-refractivity contribution in [2.24, 2.45) is 0 Å². The molecule has 1 saturated heterocycles. The monoisotopic (exact) mass is 333 g/mol. The van der Waals surface area contributed by atoms with Gasteiger partial charge in [-0.3, -0.25) is 14.9 Å². The van der Waals surface area contributed by atoms with Gasteiger partial charge in [0.1, 0.15) is 5.69 Å². The summed E-state index contributed by atoms with van der Waals surface area (Å²) in [6.07, 6.45) is 1.27. The Labute approximate surface area is 138 Å². The lowest BCUT2D eigenvalue weighted by Gasteiger charge is -2.35. The third kappa shape index (κ3) is 3.22. The highest BCUT2D eigenvalue weighted by Gasteiger charge is 2.27. The molecule has 1 N–H and O–H groups in total. The number of hydrogen-bond acceptors (Lipinski definition) is 7. The number of rotatable bonds is 4. The smallest absolute Gasteiger partial charge is 0.293 e. The average Bonchev–Trinajstić information content (AvgIpc) is 2.53. The van der Waals surface area contributed by atoms with Crippen LogP contribution in [0.5, 0.6) is 0 Å². The molecular formula is C15H19N5O4. The van der Waals surface area contributed by atoms with Gasteiger partial charge in [0.15, 0.2) is 0 Å². The van der Waals surface area contributed by atoms with Crippen LogP contribution in [0.1, 0.15) is 0 Å². The van der Waals surface area contributed by atoms with Crippen molar-refractivity contribution in [3.63, 3.8) is 0 Å². The van der Waals surface area contributed by atoms with Gasteiger partial charge in [-0.15, -0.1) is 0 Å². The zero-order valence-electron chi connectivity index (χ0n) is 13.6. The predicted molar refractivity (Wildman–Crippen MR) is 89.5 cm³/mol. The van der Waals surface area contributed by atoms with Crippen molar-refractivity contribution >= 4 is 22.3 Å². The van der Waals surface area contributed by atoms with Crippen LogP contribution < -0.4 is 10.5 Å². The molecule has 1 unspecified atom stereocenters. The van der Waals surface area contributed by atoms with E-state index in [1.54, 1.807) is 6.07 Å². The summed E-state index contributed by atoms with van der Waals surface area (Å²) in [5.74, 6) is 0. The molecular weight excluding hydrogens is 314 g/mol. The molecule has 0 radical (unpaired) electrons. The van der Waals surface area contributed by atoms with Crippen LogP contribution in [0.4, 0.5) is 11.4 Å². The van der Waals surface area contributed by atoms with E-state index in [0.717, 1.165) is 6.54 Å². The molecule has 1 aliphatic rings. The number of aromatic amines is 1. The molecule has 0 saturated carbocycles. The number of H-pyrrole nitrogens is 1. The van der Waals surface area contributed by atoms with Crippen molar-refractivity contribution in [2.75, 3.05) is 45.2 Å². The van der Waals surface area contributed by atoms with Crippen LogP contribution >= 0.6 is 0 Å². The van der Waals surface area contributed by atoms with E-state index >= 15 is 0 Å². The summed E-state index contributed by atoms with van der Waals surface area (Å²) in [4.78, 5) is 33.4. The van der Waals surface area contributed by atoms with E-state index in [0.29, 0.717) is 30.9 Å². The highest BCUT2D eigenvalue weighted by molar-refractivity contribution is 5.87. The average molecular weight is 333 g/mol. The molecule has 3 rings (SSSR count). The van der Waals surface area contributed by atoms with Crippen molar-refractivity contribution in [3.8, 4) is 0 Å². The predicted octanol–water partition coefficient (Wildman–Crippen LogP) is 0.598. The molecule has 9 heteroatoms. The number of nitrogens with one attached hydrogen (secondary N) is 1. The van der Waals surface area contributed by atoms with Crippen molar-refractivity contribution in [1.29, 1.82) is 0 Å². The van der Waals surface area contributed by atoms with Gasteiger partial charge in [0, 0.05) is 25.7 Å². The maximum absolute atomic E-state index is 11.9. The molecule has 2 aromatic rings. The molecule has 2 heterocycles. The third-order valence-corrected chi connectivity index (χ3v) is 3.98. The molecule has 1 atom stereocenters. The number of likely N-dealkylation sites (N-methyl/N-ethyl adjacent to an activating group) is 1. The Morgan fingerprint density at radius 3 is 3.00 bits per heavy atom. The van der Waals surface area contributed by atoms with E-state index in [1.165, 1.54) is 12.4 Å². The number of nitro groups is 1. The number of nitro benzene ring substituents is 1. The fourth-order valence-electron chi connectivity index (χ4n) is 2.95. The van der Waals surface area contributed by atoms with Gasteiger partial charge >= 0.3 is 0 Å². The lowest BCUT2D eigenvalue weighted by Crippen LogP contribution is -2.46. The summed E-state index contributed by atoms with van der Waals surface area (Å²) in [6.45, 7) is 2.33. The van der Waals surface area contributed by atoms with Crippen molar-refractivity contribution < 1.29 is 9.66 Å². The molecule has 1 aliphatic heterocycles. The molecule has 1 aromatic heterocycles. The van der Waals surface area contributed by atoms with Crippen LogP contribution in [0.15, 0.2) is 23.3 Å². The molecule has 1 aromatic carbocycles. The molecule has 0 bridgehead atoms. The summed E-state index contributed by atoms with van der Waals surface area (Å²) in [7, 11) is 3.91. The first-order valence-corrected chi connectivity index (χ1v) is 7.63. The molecule has 0 amide bonds. The van der Waals surface area contributed by atoms with Gasteiger partial charge in [-0.2, -0.15) is 0 Å². The molecule has 24 heavy (non-hydrogen) atoms. The molecule has 9 nitrogen and oxygen atoms in total. The van der Waals surface area contributed by atoms with Crippen LogP contribution in [0.2, 0.25) is 0 Å². The first-order chi connectivity index (χ1) is 11.5. The van der Waals surface area contributed by atoms with Crippen LogP contribution in [-0.2, 0) is 4.74 Å². The highest BCUT2D eigenvalue weighted by atomic mass is 16.6. The van der Waals surface area contributed by atoms with Crippen molar-refractivity contribution in [2.45, 2.75) is 6.10 Å². The summed E-state index contributed by atoms with van der Waals surface area (Å²) >= 11 is 0. The van der Waals surface area contributed by atoms with Crippen molar-refractivity contribution in [1.82, 2.24) is 14.9 Å². The van der Waals surface area contributed by atoms with Crippen molar-refractivity contribution in [3.05, 3.63) is 38.9 Å². The van der Waals surface area contributed by atoms with Crippen LogP contribution in [-0.4, -0.2) is 66.2 Å². The number of hydrogen-bond donors (Lipinski definition) is 1. The zero-order chi connectivity index (χ0) is 17.3. The summed E-state index contributed by atoms with van der Waals surface area (Å²) in [6, 6.07) is 2.91. The Balaban J connectivity index is 2.02. The SMILES string of the molecule is CN(C)CC1CN(c2cc3nc[nH]c(=O)c3cc2[N+](=O)[O-])CCO1. The first-order valence-electron chi connectivity index (χ1n) is 7.63. The van der Waals surface area contributed by atoms with Gasteiger partial charge in [0.25, 0.3) is 11.2 Å². The Hall–Kier alpha value is -2.52. The van der Waals surface area contributed by atoms with Gasteiger partial charge in [-0.05, 0) is 20.2 Å². The molecule has 1 fully saturated rings. The summed E-state index contributed by atoms with van der Waals surface area (Å²) in [5, 5.41) is 11.7. The normalized spacial score (nSPS) is 18.3. The minimum atomic E-state index is -0.461. The number of morpholine rings is 1. The topological polar surface area (TPSA) is 105 Å². The summed E-state index contributed by atoms with van der Waals surface area (Å²) < 4.78 is 5.72. The number of ether oxygens (including phenoxy) is 1. The van der Waals surface area contributed by atoms with Gasteiger partial charge in [-0.1, -0.05) is 0 Å².